The summed E-state index contributed by atoms with van der Waals surface area (Å²) in [7, 11) is 2.19. The van der Waals surface area contributed by atoms with Gasteiger partial charge in [0.1, 0.15) is 5.82 Å². The first-order valence-corrected chi connectivity index (χ1v) is 5.61. The van der Waals surface area contributed by atoms with E-state index in [-0.39, 0.29) is 0 Å². The maximum absolute atomic E-state index is 5.73. The third kappa shape index (κ3) is 2.12. The van der Waals surface area contributed by atoms with Gasteiger partial charge in [-0.05, 0) is 50.6 Å². The summed E-state index contributed by atoms with van der Waals surface area (Å²) in [5.74, 6) is 0.650. The van der Waals surface area contributed by atoms with Gasteiger partial charge in [-0.15, -0.1) is 0 Å². The molecule has 1 aromatic rings. The van der Waals surface area contributed by atoms with Gasteiger partial charge >= 0.3 is 0 Å². The Morgan fingerprint density at radius 3 is 2.93 bits per heavy atom. The maximum atomic E-state index is 5.73. The Hall–Kier alpha value is -1.09. The van der Waals surface area contributed by atoms with Gasteiger partial charge in [-0.2, -0.15) is 0 Å². The van der Waals surface area contributed by atoms with E-state index in [1.807, 2.05) is 13.1 Å². The second-order valence-electron chi connectivity index (χ2n) is 4.46. The fourth-order valence-corrected chi connectivity index (χ4v) is 2.29. The van der Waals surface area contributed by atoms with Crippen LogP contribution in [0, 0.1) is 6.92 Å². The number of nitrogens with two attached hydrogens (primary N) is 1. The molecule has 2 rings (SSSR count). The number of aromatic nitrogens is 1. The van der Waals surface area contributed by atoms with Crippen LogP contribution in [-0.4, -0.2) is 23.5 Å². The van der Waals surface area contributed by atoms with E-state index in [4.69, 9.17) is 5.73 Å². The van der Waals surface area contributed by atoms with E-state index in [2.05, 4.69) is 23.0 Å². The molecule has 1 aromatic heterocycles. The molecule has 0 bridgehead atoms. The number of aryl methyl sites for hydroxylation is 1. The Balaban J connectivity index is 2.24. The normalized spacial score (nSPS) is 22.9. The highest BCUT2D eigenvalue weighted by atomic mass is 15.1. The summed E-state index contributed by atoms with van der Waals surface area (Å²) < 4.78 is 0. The van der Waals surface area contributed by atoms with Crippen LogP contribution < -0.4 is 5.73 Å². The molecule has 1 atom stereocenters. The lowest BCUT2D eigenvalue weighted by atomic mass is 9.96. The highest BCUT2D eigenvalue weighted by Gasteiger charge is 2.20. The maximum Gasteiger partial charge on any atom is 0.126 e. The Bertz CT molecular complexity index is 349. The number of hydrogen-bond acceptors (Lipinski definition) is 3. The molecule has 82 valence electrons. The number of piperidine rings is 1. The Morgan fingerprint density at radius 2 is 2.27 bits per heavy atom. The van der Waals surface area contributed by atoms with Gasteiger partial charge < -0.3 is 5.73 Å². The number of pyridine rings is 1. The smallest absolute Gasteiger partial charge is 0.126 e. The average Bonchev–Trinajstić information content (AvgIpc) is 2.23. The van der Waals surface area contributed by atoms with E-state index in [1.54, 1.807) is 0 Å². The summed E-state index contributed by atoms with van der Waals surface area (Å²) in [6, 6.07) is 2.71. The summed E-state index contributed by atoms with van der Waals surface area (Å²) in [6.45, 7) is 3.21. The number of likely N-dealkylation sites (tertiary alicyclic amines) is 1. The van der Waals surface area contributed by atoms with Crippen molar-refractivity contribution >= 4 is 5.82 Å². The standard InChI is InChI=1S/C12H19N3/c1-9-7-10(8-14-12(9)13)11-5-3-4-6-15(11)2/h7-8,11H,3-6H2,1-2H3,(H2,13,14)/t11-/m1/s1. The fraction of sp³-hybridized carbons (Fsp3) is 0.583. The van der Waals surface area contributed by atoms with Gasteiger partial charge in [-0.25, -0.2) is 4.98 Å². The molecule has 0 unspecified atom stereocenters. The van der Waals surface area contributed by atoms with E-state index in [9.17, 15) is 0 Å². The summed E-state index contributed by atoms with van der Waals surface area (Å²) in [5, 5.41) is 0. The van der Waals surface area contributed by atoms with Crippen molar-refractivity contribution in [2.24, 2.45) is 0 Å². The molecule has 1 aliphatic rings. The minimum absolute atomic E-state index is 0.533. The van der Waals surface area contributed by atoms with Gasteiger partial charge in [0, 0.05) is 12.2 Å². The first-order valence-electron chi connectivity index (χ1n) is 5.61. The van der Waals surface area contributed by atoms with Gasteiger partial charge in [0.15, 0.2) is 0 Å². The third-order valence-corrected chi connectivity index (χ3v) is 3.30. The summed E-state index contributed by atoms with van der Waals surface area (Å²) in [5.41, 5.74) is 8.13. The molecule has 15 heavy (non-hydrogen) atoms. The lowest BCUT2D eigenvalue weighted by Gasteiger charge is -2.32. The zero-order chi connectivity index (χ0) is 10.8. The highest BCUT2D eigenvalue weighted by Crippen LogP contribution is 2.29. The first kappa shape index (κ1) is 10.4. The van der Waals surface area contributed by atoms with E-state index < -0.39 is 0 Å². The monoisotopic (exact) mass is 205 g/mol. The van der Waals surface area contributed by atoms with E-state index in [1.165, 1.54) is 31.4 Å². The van der Waals surface area contributed by atoms with E-state index in [0.29, 0.717) is 11.9 Å². The van der Waals surface area contributed by atoms with Crippen molar-refractivity contribution < 1.29 is 0 Å². The zero-order valence-corrected chi connectivity index (χ0v) is 9.53. The predicted molar refractivity (Wildman–Crippen MR) is 62.6 cm³/mol. The molecule has 2 heterocycles. The molecule has 1 saturated heterocycles. The van der Waals surface area contributed by atoms with Crippen molar-refractivity contribution in [2.45, 2.75) is 32.2 Å². The quantitative estimate of drug-likeness (QED) is 0.763. The summed E-state index contributed by atoms with van der Waals surface area (Å²) in [4.78, 5) is 6.65. The van der Waals surface area contributed by atoms with Crippen molar-refractivity contribution in [1.82, 2.24) is 9.88 Å². The van der Waals surface area contributed by atoms with Crippen LogP contribution in [-0.2, 0) is 0 Å². The molecular weight excluding hydrogens is 186 g/mol. The predicted octanol–water partition coefficient (Wildman–Crippen LogP) is 2.13. The van der Waals surface area contributed by atoms with Crippen molar-refractivity contribution in [3.8, 4) is 0 Å². The van der Waals surface area contributed by atoms with Crippen LogP contribution in [0.4, 0.5) is 5.82 Å². The second kappa shape index (κ2) is 4.19. The molecule has 0 amide bonds. The van der Waals surface area contributed by atoms with E-state index >= 15 is 0 Å². The summed E-state index contributed by atoms with van der Waals surface area (Å²) in [6.07, 6.45) is 5.79. The number of nitrogen functional groups attached to an aromatic ring is 1. The van der Waals surface area contributed by atoms with Gasteiger partial charge in [-0.3, -0.25) is 4.90 Å². The summed E-state index contributed by atoms with van der Waals surface area (Å²) >= 11 is 0. The van der Waals surface area contributed by atoms with Gasteiger partial charge in [0.2, 0.25) is 0 Å². The van der Waals surface area contributed by atoms with Crippen LogP contribution >= 0.6 is 0 Å². The number of nitrogens with zero attached hydrogens (tertiary/aromatic N) is 2. The number of anilines is 1. The third-order valence-electron chi connectivity index (χ3n) is 3.30. The Labute approximate surface area is 91.3 Å². The van der Waals surface area contributed by atoms with E-state index in [0.717, 1.165) is 5.56 Å². The molecule has 1 aliphatic heterocycles. The van der Waals surface area contributed by atoms with Gasteiger partial charge in [0.25, 0.3) is 0 Å². The minimum atomic E-state index is 0.533. The van der Waals surface area contributed by atoms with Gasteiger partial charge in [-0.1, -0.05) is 6.42 Å². The molecule has 0 saturated carbocycles. The highest BCUT2D eigenvalue weighted by molar-refractivity contribution is 5.40. The van der Waals surface area contributed by atoms with Crippen LogP contribution in [0.1, 0.15) is 36.4 Å². The second-order valence-corrected chi connectivity index (χ2v) is 4.46. The molecule has 3 heteroatoms. The Kier molecular flexibility index (Phi) is 2.91. The molecule has 1 fully saturated rings. The average molecular weight is 205 g/mol. The van der Waals surface area contributed by atoms with Gasteiger partial charge in [0.05, 0.1) is 0 Å². The van der Waals surface area contributed by atoms with Crippen LogP contribution in [0.5, 0.6) is 0 Å². The van der Waals surface area contributed by atoms with Crippen LogP contribution in [0.3, 0.4) is 0 Å². The molecular formula is C12H19N3. The van der Waals surface area contributed by atoms with Crippen LogP contribution in [0.2, 0.25) is 0 Å². The topological polar surface area (TPSA) is 42.2 Å². The Morgan fingerprint density at radius 1 is 1.47 bits per heavy atom. The minimum Gasteiger partial charge on any atom is -0.383 e. The first-order chi connectivity index (χ1) is 7.18. The molecule has 0 aliphatic carbocycles. The molecule has 0 aromatic carbocycles. The lowest BCUT2D eigenvalue weighted by Crippen LogP contribution is -2.29. The van der Waals surface area contributed by atoms with Crippen LogP contribution in [0.15, 0.2) is 12.3 Å². The molecule has 0 spiro atoms. The largest absolute Gasteiger partial charge is 0.383 e. The molecule has 3 nitrogen and oxygen atoms in total. The fourth-order valence-electron chi connectivity index (χ4n) is 2.29. The van der Waals surface area contributed by atoms with Crippen molar-refractivity contribution in [3.63, 3.8) is 0 Å². The van der Waals surface area contributed by atoms with Crippen molar-refractivity contribution in [1.29, 1.82) is 0 Å². The number of hydrogen-bond donors (Lipinski definition) is 1. The SMILES string of the molecule is Cc1cc([C@H]2CCCCN2C)cnc1N. The lowest BCUT2D eigenvalue weighted by molar-refractivity contribution is 0.187. The molecule has 0 radical (unpaired) electrons. The number of rotatable bonds is 1. The zero-order valence-electron chi connectivity index (χ0n) is 9.53. The van der Waals surface area contributed by atoms with Crippen molar-refractivity contribution in [3.05, 3.63) is 23.4 Å². The van der Waals surface area contributed by atoms with Crippen LogP contribution in [0.25, 0.3) is 0 Å². The molecule has 2 N–H and O–H groups in total. The van der Waals surface area contributed by atoms with Crippen molar-refractivity contribution in [2.75, 3.05) is 19.3 Å².